The average Bonchev–Trinajstić information content (AvgIpc) is 3.23. The molecule has 0 amide bonds. The Morgan fingerprint density at radius 1 is 1.12 bits per heavy atom. The third-order valence-electron chi connectivity index (χ3n) is 3.48. The number of nitrogens with zero attached hydrogens (tertiary/aromatic N) is 2. The number of halogens is 3. The van der Waals surface area contributed by atoms with Crippen LogP contribution in [0.5, 0.6) is 11.5 Å². The van der Waals surface area contributed by atoms with Crippen molar-refractivity contribution in [2.45, 2.75) is 12.6 Å². The van der Waals surface area contributed by atoms with Gasteiger partial charge < -0.3 is 14.0 Å². The van der Waals surface area contributed by atoms with Crippen molar-refractivity contribution in [2.75, 3.05) is 14.2 Å². The van der Waals surface area contributed by atoms with Gasteiger partial charge in [-0.15, -0.1) is 0 Å². The smallest absolute Gasteiger partial charge is 0.417 e. The summed E-state index contributed by atoms with van der Waals surface area (Å²) in [6.45, 7) is 0. The minimum Gasteiger partial charge on any atom is -0.493 e. The summed E-state index contributed by atoms with van der Waals surface area (Å²) in [5.74, 6) is 1.25. The van der Waals surface area contributed by atoms with Crippen LogP contribution in [0, 0.1) is 0 Å². The van der Waals surface area contributed by atoms with E-state index in [1.54, 1.807) is 18.2 Å². The van der Waals surface area contributed by atoms with E-state index in [4.69, 9.17) is 14.0 Å². The van der Waals surface area contributed by atoms with Crippen LogP contribution in [0.15, 0.2) is 33.5 Å². The number of thiophene rings is 1. The predicted octanol–water partition coefficient (Wildman–Crippen LogP) is 4.42. The van der Waals surface area contributed by atoms with Crippen LogP contribution in [0.4, 0.5) is 13.2 Å². The molecular weight excluding hydrogens is 357 g/mol. The molecular formula is C16H13F3N2O3S. The summed E-state index contributed by atoms with van der Waals surface area (Å²) >= 11 is 0.932. The van der Waals surface area contributed by atoms with Gasteiger partial charge in [0.05, 0.1) is 25.3 Å². The largest absolute Gasteiger partial charge is 0.493 e. The number of rotatable bonds is 5. The second kappa shape index (κ2) is 6.75. The fourth-order valence-corrected chi connectivity index (χ4v) is 3.12. The summed E-state index contributed by atoms with van der Waals surface area (Å²) in [5.41, 5.74) is -0.0752. The first kappa shape index (κ1) is 17.3. The molecule has 5 nitrogen and oxygen atoms in total. The Hall–Kier alpha value is -2.55. The first-order valence-electron chi connectivity index (χ1n) is 7.09. The summed E-state index contributed by atoms with van der Waals surface area (Å²) in [5, 5.41) is 6.13. The van der Waals surface area contributed by atoms with E-state index >= 15 is 0 Å². The standard InChI is InChI=1S/C16H13F3N2O3S/c1-22-12-4-3-9(5-13(12)23-2)6-14-20-15(24-21-14)10-7-25-8-11(10)16(17,18)19/h3-5,7-8H,6H2,1-2H3. The molecule has 25 heavy (non-hydrogen) atoms. The number of hydrogen-bond donors (Lipinski definition) is 0. The SMILES string of the molecule is COc1ccc(Cc2noc(-c3cscc3C(F)(F)F)n2)cc1OC. The van der Waals surface area contributed by atoms with Gasteiger partial charge in [0.25, 0.3) is 5.89 Å². The molecule has 0 fully saturated rings. The molecule has 0 N–H and O–H groups in total. The third kappa shape index (κ3) is 3.60. The molecule has 0 aliphatic carbocycles. The van der Waals surface area contributed by atoms with Crippen molar-refractivity contribution >= 4 is 11.3 Å². The molecule has 2 aromatic heterocycles. The number of methoxy groups -OCH3 is 2. The number of hydrogen-bond acceptors (Lipinski definition) is 6. The Kier molecular flexibility index (Phi) is 4.67. The van der Waals surface area contributed by atoms with Crippen LogP contribution in [-0.2, 0) is 12.6 Å². The van der Waals surface area contributed by atoms with Gasteiger partial charge in [0.2, 0.25) is 0 Å². The van der Waals surface area contributed by atoms with Gasteiger partial charge in [-0.2, -0.15) is 29.5 Å². The van der Waals surface area contributed by atoms with Crippen molar-refractivity contribution in [2.24, 2.45) is 0 Å². The van der Waals surface area contributed by atoms with E-state index in [0.717, 1.165) is 22.3 Å². The fraction of sp³-hybridized carbons (Fsp3) is 0.250. The van der Waals surface area contributed by atoms with Crippen molar-refractivity contribution in [1.29, 1.82) is 0 Å². The number of aromatic nitrogens is 2. The Morgan fingerprint density at radius 2 is 1.88 bits per heavy atom. The Morgan fingerprint density at radius 3 is 2.56 bits per heavy atom. The molecule has 3 rings (SSSR count). The minimum absolute atomic E-state index is 0.108. The lowest BCUT2D eigenvalue weighted by molar-refractivity contribution is -0.136. The second-order valence-corrected chi connectivity index (χ2v) is 5.82. The molecule has 0 saturated carbocycles. The van der Waals surface area contributed by atoms with Crippen molar-refractivity contribution in [3.8, 4) is 23.0 Å². The van der Waals surface area contributed by atoms with E-state index in [1.807, 2.05) is 0 Å². The lowest BCUT2D eigenvalue weighted by Crippen LogP contribution is -2.04. The van der Waals surface area contributed by atoms with E-state index in [-0.39, 0.29) is 23.7 Å². The fourth-order valence-electron chi connectivity index (χ4n) is 2.29. The van der Waals surface area contributed by atoms with Gasteiger partial charge in [0, 0.05) is 17.2 Å². The highest BCUT2D eigenvalue weighted by atomic mass is 32.1. The van der Waals surface area contributed by atoms with E-state index in [0.29, 0.717) is 11.5 Å². The van der Waals surface area contributed by atoms with E-state index in [9.17, 15) is 13.2 Å². The molecule has 132 valence electrons. The lowest BCUT2D eigenvalue weighted by atomic mass is 10.1. The summed E-state index contributed by atoms with van der Waals surface area (Å²) < 4.78 is 54.3. The molecule has 0 saturated heterocycles. The number of benzene rings is 1. The molecule has 0 aliphatic rings. The first-order chi connectivity index (χ1) is 11.9. The highest BCUT2D eigenvalue weighted by Gasteiger charge is 2.36. The zero-order chi connectivity index (χ0) is 18.0. The summed E-state index contributed by atoms with van der Waals surface area (Å²) in [6.07, 6.45) is -4.18. The van der Waals surface area contributed by atoms with Gasteiger partial charge in [-0.3, -0.25) is 0 Å². The van der Waals surface area contributed by atoms with Gasteiger partial charge >= 0.3 is 6.18 Å². The monoisotopic (exact) mass is 370 g/mol. The molecule has 1 aromatic carbocycles. The molecule has 0 aliphatic heterocycles. The zero-order valence-electron chi connectivity index (χ0n) is 13.3. The van der Waals surface area contributed by atoms with Gasteiger partial charge in [0.15, 0.2) is 17.3 Å². The Balaban J connectivity index is 1.85. The summed E-state index contributed by atoms with van der Waals surface area (Å²) in [4.78, 5) is 4.08. The molecule has 3 aromatic rings. The van der Waals surface area contributed by atoms with Crippen molar-refractivity contribution in [3.05, 3.63) is 45.9 Å². The maximum atomic E-state index is 13.0. The van der Waals surface area contributed by atoms with Gasteiger partial charge in [-0.25, -0.2) is 0 Å². The number of ether oxygens (including phenoxy) is 2. The molecule has 2 heterocycles. The van der Waals surface area contributed by atoms with Crippen molar-refractivity contribution in [3.63, 3.8) is 0 Å². The van der Waals surface area contributed by atoms with Crippen LogP contribution >= 0.6 is 11.3 Å². The maximum absolute atomic E-state index is 13.0. The summed E-state index contributed by atoms with van der Waals surface area (Å²) in [6, 6.07) is 5.28. The van der Waals surface area contributed by atoms with Crippen LogP contribution in [0.3, 0.4) is 0 Å². The van der Waals surface area contributed by atoms with Crippen LogP contribution in [0.2, 0.25) is 0 Å². The molecule has 0 radical (unpaired) electrons. The number of alkyl halides is 3. The van der Waals surface area contributed by atoms with E-state index in [1.165, 1.54) is 19.6 Å². The Labute approximate surface area is 145 Å². The van der Waals surface area contributed by atoms with Crippen LogP contribution in [0.25, 0.3) is 11.5 Å². The van der Waals surface area contributed by atoms with E-state index < -0.39 is 11.7 Å². The Bertz CT molecular complexity index is 874. The molecule has 0 spiro atoms. The van der Waals surface area contributed by atoms with Gasteiger partial charge in [0.1, 0.15) is 0 Å². The molecule has 0 bridgehead atoms. The normalized spacial score (nSPS) is 11.6. The van der Waals surface area contributed by atoms with E-state index in [2.05, 4.69) is 10.1 Å². The quantitative estimate of drug-likeness (QED) is 0.665. The highest BCUT2D eigenvalue weighted by Crippen LogP contribution is 2.39. The molecule has 9 heteroatoms. The van der Waals surface area contributed by atoms with Crippen LogP contribution in [0.1, 0.15) is 17.0 Å². The summed E-state index contributed by atoms with van der Waals surface area (Å²) in [7, 11) is 3.05. The lowest BCUT2D eigenvalue weighted by Gasteiger charge is -2.08. The topological polar surface area (TPSA) is 57.4 Å². The second-order valence-electron chi connectivity index (χ2n) is 5.08. The first-order valence-corrected chi connectivity index (χ1v) is 8.04. The van der Waals surface area contributed by atoms with Crippen LogP contribution in [-0.4, -0.2) is 24.4 Å². The van der Waals surface area contributed by atoms with Crippen molar-refractivity contribution in [1.82, 2.24) is 10.1 Å². The van der Waals surface area contributed by atoms with Gasteiger partial charge in [-0.05, 0) is 17.7 Å². The van der Waals surface area contributed by atoms with Gasteiger partial charge in [-0.1, -0.05) is 11.2 Å². The molecule has 0 atom stereocenters. The minimum atomic E-state index is -4.46. The zero-order valence-corrected chi connectivity index (χ0v) is 14.1. The predicted molar refractivity (Wildman–Crippen MR) is 85.0 cm³/mol. The van der Waals surface area contributed by atoms with Crippen LogP contribution < -0.4 is 9.47 Å². The maximum Gasteiger partial charge on any atom is 0.417 e. The molecule has 0 unspecified atom stereocenters. The highest BCUT2D eigenvalue weighted by molar-refractivity contribution is 7.08. The third-order valence-corrected chi connectivity index (χ3v) is 4.22. The average molecular weight is 370 g/mol. The van der Waals surface area contributed by atoms with Crippen molar-refractivity contribution < 1.29 is 27.2 Å².